The van der Waals surface area contributed by atoms with Crippen molar-refractivity contribution in [2.75, 3.05) is 20.2 Å². The maximum absolute atomic E-state index is 11.8. The maximum Gasteiger partial charge on any atom is 0.323 e. The lowest BCUT2D eigenvalue weighted by molar-refractivity contribution is -0.146. The molecule has 1 saturated heterocycles. The van der Waals surface area contributed by atoms with E-state index in [1.807, 2.05) is 0 Å². The molecule has 0 radical (unpaired) electrons. The van der Waals surface area contributed by atoms with E-state index < -0.39 is 6.10 Å². The highest BCUT2D eigenvalue weighted by Gasteiger charge is 2.37. The molecule has 3 atom stereocenters. The van der Waals surface area contributed by atoms with Gasteiger partial charge in [-0.05, 0) is 36.3 Å². The van der Waals surface area contributed by atoms with Crippen LogP contribution < -0.4 is 0 Å². The number of likely N-dealkylation sites (tertiary alicyclic amines) is 1. The van der Waals surface area contributed by atoms with Gasteiger partial charge in [0.15, 0.2) is 0 Å². The van der Waals surface area contributed by atoms with Crippen LogP contribution in [0.4, 0.5) is 0 Å². The Labute approximate surface area is 125 Å². The number of rotatable bonds is 3. The zero-order chi connectivity index (χ0) is 14.8. The van der Waals surface area contributed by atoms with Gasteiger partial charge in [0.1, 0.15) is 6.04 Å². The molecule has 1 N–H and O–H groups in total. The van der Waals surface area contributed by atoms with Crippen LogP contribution in [-0.4, -0.2) is 48.3 Å². The molecule has 0 aromatic heterocycles. The normalized spacial score (nSPS) is 29.1. The summed E-state index contributed by atoms with van der Waals surface area (Å²) in [6.07, 6.45) is 3.41. The third kappa shape index (κ3) is 3.11. The molecule has 1 heterocycles. The van der Waals surface area contributed by atoms with Crippen LogP contribution in [-0.2, 0) is 22.4 Å². The third-order valence-electron chi connectivity index (χ3n) is 4.80. The van der Waals surface area contributed by atoms with E-state index in [1.165, 1.54) is 18.2 Å². The molecular weight excluding hydrogens is 266 g/mol. The number of nitrogens with zero attached hydrogens (tertiary/aromatic N) is 1. The largest absolute Gasteiger partial charge is 0.468 e. The highest BCUT2D eigenvalue weighted by molar-refractivity contribution is 5.76. The van der Waals surface area contributed by atoms with Crippen LogP contribution in [0.5, 0.6) is 0 Å². The number of hydrogen-bond donors (Lipinski definition) is 1. The minimum absolute atomic E-state index is 0.220. The summed E-state index contributed by atoms with van der Waals surface area (Å²) in [5.74, 6) is 0.333. The minimum atomic E-state index is -0.412. The SMILES string of the molecule is COC(=O)[C@@H]1C[C@@H](O)CN1C[C@@H]1CCc2ccccc2C1. The molecular formula is C17H23NO3. The minimum Gasteiger partial charge on any atom is -0.468 e. The Morgan fingerprint density at radius 2 is 2.14 bits per heavy atom. The van der Waals surface area contributed by atoms with E-state index in [1.54, 1.807) is 0 Å². The van der Waals surface area contributed by atoms with Gasteiger partial charge in [-0.1, -0.05) is 24.3 Å². The molecule has 21 heavy (non-hydrogen) atoms. The Hall–Kier alpha value is -1.39. The second kappa shape index (κ2) is 6.16. The van der Waals surface area contributed by atoms with Crippen LogP contribution in [0.15, 0.2) is 24.3 Å². The summed E-state index contributed by atoms with van der Waals surface area (Å²) in [5, 5.41) is 9.85. The Bertz CT molecular complexity index is 517. The highest BCUT2D eigenvalue weighted by Crippen LogP contribution is 2.28. The number of carbonyl (C=O) groups excluding carboxylic acids is 1. The fraction of sp³-hybridized carbons (Fsp3) is 0.588. The van der Waals surface area contributed by atoms with Crippen molar-refractivity contribution in [3.8, 4) is 0 Å². The van der Waals surface area contributed by atoms with Crippen molar-refractivity contribution in [1.29, 1.82) is 0 Å². The maximum atomic E-state index is 11.8. The lowest BCUT2D eigenvalue weighted by Gasteiger charge is -2.30. The van der Waals surface area contributed by atoms with Crippen LogP contribution in [0.1, 0.15) is 24.0 Å². The number of aliphatic hydroxyl groups excluding tert-OH is 1. The average Bonchev–Trinajstić information content (AvgIpc) is 2.87. The standard InChI is InChI=1S/C17H23NO3/c1-21-17(20)16-9-15(19)11-18(16)10-12-6-7-13-4-2-3-5-14(13)8-12/h2-5,12,15-16,19H,6-11H2,1H3/t12-,15-,16+/m1/s1. The summed E-state index contributed by atoms with van der Waals surface area (Å²) in [5.41, 5.74) is 2.89. The van der Waals surface area contributed by atoms with Crippen molar-refractivity contribution < 1.29 is 14.6 Å². The van der Waals surface area contributed by atoms with Crippen molar-refractivity contribution in [2.45, 2.75) is 37.8 Å². The number of aryl methyl sites for hydroxylation is 1. The number of ether oxygens (including phenoxy) is 1. The van der Waals surface area contributed by atoms with E-state index in [4.69, 9.17) is 4.74 Å². The zero-order valence-electron chi connectivity index (χ0n) is 12.5. The molecule has 0 amide bonds. The molecule has 1 aromatic rings. The van der Waals surface area contributed by atoms with E-state index >= 15 is 0 Å². The number of β-amino-alcohol motifs (C(OH)–C–C–N with tert-alkyl or cyclic N) is 1. The summed E-state index contributed by atoms with van der Waals surface area (Å²) in [7, 11) is 1.42. The van der Waals surface area contributed by atoms with Gasteiger partial charge >= 0.3 is 5.97 Å². The van der Waals surface area contributed by atoms with Crippen molar-refractivity contribution in [2.24, 2.45) is 5.92 Å². The number of methoxy groups -OCH3 is 1. The molecule has 1 fully saturated rings. The van der Waals surface area contributed by atoms with E-state index in [9.17, 15) is 9.90 Å². The monoisotopic (exact) mass is 289 g/mol. The molecule has 1 aliphatic carbocycles. The fourth-order valence-corrected chi connectivity index (χ4v) is 3.72. The molecule has 4 nitrogen and oxygen atoms in total. The van der Waals surface area contributed by atoms with Gasteiger partial charge in [0.05, 0.1) is 13.2 Å². The Morgan fingerprint density at radius 3 is 2.90 bits per heavy atom. The van der Waals surface area contributed by atoms with Crippen molar-refractivity contribution in [1.82, 2.24) is 4.90 Å². The zero-order valence-corrected chi connectivity index (χ0v) is 12.5. The fourth-order valence-electron chi connectivity index (χ4n) is 3.72. The summed E-state index contributed by atoms with van der Waals surface area (Å²) in [6.45, 7) is 1.45. The first kappa shape index (κ1) is 14.5. The van der Waals surface area contributed by atoms with Crippen LogP contribution in [0.25, 0.3) is 0 Å². The smallest absolute Gasteiger partial charge is 0.323 e. The second-order valence-electron chi connectivity index (χ2n) is 6.26. The summed E-state index contributed by atoms with van der Waals surface area (Å²) in [6, 6.07) is 8.34. The molecule has 1 aliphatic heterocycles. The summed E-state index contributed by atoms with van der Waals surface area (Å²) >= 11 is 0. The van der Waals surface area contributed by atoms with Gasteiger partial charge in [-0.15, -0.1) is 0 Å². The highest BCUT2D eigenvalue weighted by atomic mass is 16.5. The molecule has 0 bridgehead atoms. The van der Waals surface area contributed by atoms with Gasteiger partial charge in [-0.25, -0.2) is 0 Å². The first-order valence-corrected chi connectivity index (χ1v) is 7.74. The summed E-state index contributed by atoms with van der Waals surface area (Å²) < 4.78 is 4.87. The van der Waals surface area contributed by atoms with E-state index in [0.29, 0.717) is 18.9 Å². The molecule has 4 heteroatoms. The molecule has 0 saturated carbocycles. The number of fused-ring (bicyclic) bond motifs is 1. The average molecular weight is 289 g/mol. The first-order valence-electron chi connectivity index (χ1n) is 7.74. The number of carbonyl (C=O) groups is 1. The van der Waals surface area contributed by atoms with E-state index in [2.05, 4.69) is 29.2 Å². The number of hydrogen-bond acceptors (Lipinski definition) is 4. The van der Waals surface area contributed by atoms with Crippen molar-refractivity contribution in [3.63, 3.8) is 0 Å². The first-order chi connectivity index (χ1) is 10.2. The molecule has 1 aromatic carbocycles. The van der Waals surface area contributed by atoms with Crippen LogP contribution in [0.3, 0.4) is 0 Å². The number of benzene rings is 1. The van der Waals surface area contributed by atoms with Crippen LogP contribution in [0.2, 0.25) is 0 Å². The van der Waals surface area contributed by atoms with E-state index in [0.717, 1.165) is 25.8 Å². The molecule has 2 aliphatic rings. The molecule has 114 valence electrons. The van der Waals surface area contributed by atoms with Gasteiger partial charge in [-0.3, -0.25) is 9.69 Å². The van der Waals surface area contributed by atoms with Gasteiger partial charge in [-0.2, -0.15) is 0 Å². The van der Waals surface area contributed by atoms with E-state index in [-0.39, 0.29) is 12.0 Å². The Balaban J connectivity index is 1.65. The van der Waals surface area contributed by atoms with Gasteiger partial charge in [0, 0.05) is 19.5 Å². The van der Waals surface area contributed by atoms with Crippen LogP contribution in [0, 0.1) is 5.92 Å². The van der Waals surface area contributed by atoms with Gasteiger partial charge < -0.3 is 9.84 Å². The Kier molecular flexibility index (Phi) is 4.27. The van der Waals surface area contributed by atoms with Crippen LogP contribution >= 0.6 is 0 Å². The topological polar surface area (TPSA) is 49.8 Å². The molecule has 0 spiro atoms. The van der Waals surface area contributed by atoms with Crippen molar-refractivity contribution in [3.05, 3.63) is 35.4 Å². The predicted octanol–water partition coefficient (Wildman–Crippen LogP) is 1.40. The lowest BCUT2D eigenvalue weighted by atomic mass is 9.83. The number of esters is 1. The number of aliphatic hydroxyl groups is 1. The lowest BCUT2D eigenvalue weighted by Crippen LogP contribution is -2.40. The molecule has 3 rings (SSSR count). The predicted molar refractivity (Wildman–Crippen MR) is 80.0 cm³/mol. The quantitative estimate of drug-likeness (QED) is 0.855. The van der Waals surface area contributed by atoms with Crippen molar-refractivity contribution >= 4 is 5.97 Å². The Morgan fingerprint density at radius 1 is 1.38 bits per heavy atom. The third-order valence-corrected chi connectivity index (χ3v) is 4.80. The van der Waals surface area contributed by atoms with Gasteiger partial charge in [0.25, 0.3) is 0 Å². The summed E-state index contributed by atoms with van der Waals surface area (Å²) in [4.78, 5) is 13.9. The molecule has 0 unspecified atom stereocenters. The van der Waals surface area contributed by atoms with Gasteiger partial charge in [0.2, 0.25) is 0 Å². The second-order valence-corrected chi connectivity index (χ2v) is 6.26.